The normalized spacial score (nSPS) is 23.0. The number of esters is 1. The van der Waals surface area contributed by atoms with Crippen molar-refractivity contribution in [2.45, 2.75) is 32.0 Å². The average molecular weight is 397 g/mol. The van der Waals surface area contributed by atoms with E-state index >= 15 is 0 Å². The standard InChI is InChI=1S/C23H27NO5/c1-23(22(25)26-2)27-15-17(16-28-23)9-7-8-14-24-18-10-3-5-12-20(18)29-21-13-6-4-11-19(21)24/h3-6,10-13,17H,7-9,14-16H2,1-2H3. The summed E-state index contributed by atoms with van der Waals surface area (Å²) in [4.78, 5) is 14.1. The quantitative estimate of drug-likeness (QED) is 0.522. The van der Waals surface area contributed by atoms with E-state index in [1.807, 2.05) is 36.4 Å². The van der Waals surface area contributed by atoms with Crippen molar-refractivity contribution in [1.82, 2.24) is 0 Å². The monoisotopic (exact) mass is 397 g/mol. The minimum atomic E-state index is -1.27. The SMILES string of the molecule is COC(=O)C1(C)OCC(CCCCN2c3ccccc3Oc3ccccc32)CO1. The molecular weight excluding hydrogens is 370 g/mol. The van der Waals surface area contributed by atoms with Crippen molar-refractivity contribution in [2.24, 2.45) is 5.92 Å². The Bertz CT molecular complexity index is 814. The van der Waals surface area contributed by atoms with Crippen LogP contribution in [0.1, 0.15) is 26.2 Å². The molecule has 0 atom stereocenters. The van der Waals surface area contributed by atoms with Crippen LogP contribution in [0, 0.1) is 5.92 Å². The predicted molar refractivity (Wildman–Crippen MR) is 110 cm³/mol. The molecule has 0 spiro atoms. The van der Waals surface area contributed by atoms with Crippen LogP contribution in [-0.2, 0) is 19.0 Å². The van der Waals surface area contributed by atoms with Crippen LogP contribution in [0.15, 0.2) is 48.5 Å². The van der Waals surface area contributed by atoms with Crippen LogP contribution in [0.4, 0.5) is 11.4 Å². The van der Waals surface area contributed by atoms with Gasteiger partial charge in [-0.05, 0) is 37.1 Å². The molecule has 2 aromatic carbocycles. The number of para-hydroxylation sites is 4. The highest BCUT2D eigenvalue weighted by Gasteiger charge is 2.41. The molecule has 0 aliphatic carbocycles. The van der Waals surface area contributed by atoms with E-state index in [2.05, 4.69) is 17.0 Å². The minimum absolute atomic E-state index is 0.289. The summed E-state index contributed by atoms with van der Waals surface area (Å²) in [5.41, 5.74) is 2.20. The van der Waals surface area contributed by atoms with E-state index in [1.54, 1.807) is 6.92 Å². The van der Waals surface area contributed by atoms with Gasteiger partial charge >= 0.3 is 5.97 Å². The summed E-state index contributed by atoms with van der Waals surface area (Å²) in [7, 11) is 1.34. The third-order valence-corrected chi connectivity index (χ3v) is 5.52. The maximum atomic E-state index is 11.7. The summed E-state index contributed by atoms with van der Waals surface area (Å²) < 4.78 is 22.1. The Balaban J connectivity index is 1.31. The van der Waals surface area contributed by atoms with Crippen molar-refractivity contribution in [2.75, 3.05) is 31.8 Å². The second-order valence-electron chi connectivity index (χ2n) is 7.61. The van der Waals surface area contributed by atoms with Crippen LogP contribution in [0.5, 0.6) is 11.5 Å². The minimum Gasteiger partial charge on any atom is -0.465 e. The van der Waals surface area contributed by atoms with Crippen molar-refractivity contribution in [3.8, 4) is 11.5 Å². The largest absolute Gasteiger partial charge is 0.465 e. The first kappa shape index (κ1) is 19.7. The highest BCUT2D eigenvalue weighted by Crippen LogP contribution is 2.46. The molecule has 0 aromatic heterocycles. The van der Waals surface area contributed by atoms with Crippen LogP contribution in [0.3, 0.4) is 0 Å². The fourth-order valence-corrected chi connectivity index (χ4v) is 3.84. The maximum absolute atomic E-state index is 11.7. The Morgan fingerprint density at radius 1 is 1.03 bits per heavy atom. The lowest BCUT2D eigenvalue weighted by molar-refractivity contribution is -0.272. The molecular formula is C23H27NO5. The lowest BCUT2D eigenvalue weighted by atomic mass is 10.0. The lowest BCUT2D eigenvalue weighted by Gasteiger charge is -2.35. The number of carbonyl (C=O) groups is 1. The number of hydrogen-bond acceptors (Lipinski definition) is 6. The van der Waals surface area contributed by atoms with Gasteiger partial charge in [-0.3, -0.25) is 0 Å². The summed E-state index contributed by atoms with van der Waals surface area (Å²) >= 11 is 0. The number of nitrogens with zero attached hydrogens (tertiary/aromatic N) is 1. The third-order valence-electron chi connectivity index (χ3n) is 5.52. The second-order valence-corrected chi connectivity index (χ2v) is 7.61. The van der Waals surface area contributed by atoms with Crippen molar-refractivity contribution in [1.29, 1.82) is 0 Å². The molecule has 1 saturated heterocycles. The summed E-state index contributed by atoms with van der Waals surface area (Å²) in [6.07, 6.45) is 3.08. The second kappa shape index (κ2) is 8.43. The predicted octanol–water partition coefficient (Wildman–Crippen LogP) is 4.65. The number of rotatable bonds is 6. The van der Waals surface area contributed by atoms with E-state index in [0.717, 1.165) is 48.7 Å². The third kappa shape index (κ3) is 4.09. The number of ether oxygens (including phenoxy) is 4. The van der Waals surface area contributed by atoms with Crippen molar-refractivity contribution >= 4 is 17.3 Å². The summed E-state index contributed by atoms with van der Waals surface area (Å²) in [6, 6.07) is 16.3. The van der Waals surface area contributed by atoms with E-state index in [-0.39, 0.29) is 5.92 Å². The number of unbranched alkanes of at least 4 members (excludes halogenated alkanes) is 1. The van der Waals surface area contributed by atoms with Gasteiger partial charge in [-0.25, -0.2) is 4.79 Å². The molecule has 0 N–H and O–H groups in total. The zero-order valence-corrected chi connectivity index (χ0v) is 16.9. The van der Waals surface area contributed by atoms with Gasteiger partial charge in [0, 0.05) is 19.4 Å². The van der Waals surface area contributed by atoms with Crippen LogP contribution in [-0.4, -0.2) is 38.6 Å². The van der Waals surface area contributed by atoms with Gasteiger partial charge in [0.05, 0.1) is 31.7 Å². The molecule has 29 heavy (non-hydrogen) atoms. The molecule has 2 heterocycles. The number of anilines is 2. The highest BCUT2D eigenvalue weighted by molar-refractivity contribution is 5.78. The van der Waals surface area contributed by atoms with Gasteiger partial charge < -0.3 is 23.8 Å². The van der Waals surface area contributed by atoms with E-state index in [9.17, 15) is 4.79 Å². The molecule has 6 nitrogen and oxygen atoms in total. The number of carbonyl (C=O) groups excluding carboxylic acids is 1. The van der Waals surface area contributed by atoms with E-state index in [0.29, 0.717) is 13.2 Å². The zero-order chi connectivity index (χ0) is 20.3. The van der Waals surface area contributed by atoms with Gasteiger partial charge in [-0.15, -0.1) is 0 Å². The molecule has 6 heteroatoms. The molecule has 1 fully saturated rings. The summed E-state index contributed by atoms with van der Waals surface area (Å²) in [6.45, 7) is 3.54. The van der Waals surface area contributed by atoms with Gasteiger partial charge in [0.25, 0.3) is 5.79 Å². The summed E-state index contributed by atoms with van der Waals surface area (Å²) in [5.74, 6) is 0.314. The van der Waals surface area contributed by atoms with Gasteiger partial charge in [-0.2, -0.15) is 0 Å². The first-order valence-corrected chi connectivity index (χ1v) is 10.1. The lowest BCUT2D eigenvalue weighted by Crippen LogP contribution is -2.48. The molecule has 2 aliphatic heterocycles. The highest BCUT2D eigenvalue weighted by atomic mass is 16.7. The van der Waals surface area contributed by atoms with Crippen molar-refractivity contribution in [3.05, 3.63) is 48.5 Å². The molecule has 154 valence electrons. The van der Waals surface area contributed by atoms with Gasteiger partial charge in [0.2, 0.25) is 0 Å². The molecule has 4 rings (SSSR count). The fraction of sp³-hybridized carbons (Fsp3) is 0.435. The van der Waals surface area contributed by atoms with Crippen LogP contribution in [0.25, 0.3) is 0 Å². The van der Waals surface area contributed by atoms with Crippen molar-refractivity contribution < 1.29 is 23.7 Å². The van der Waals surface area contributed by atoms with E-state index < -0.39 is 11.8 Å². The summed E-state index contributed by atoms with van der Waals surface area (Å²) in [5, 5.41) is 0. The first-order chi connectivity index (χ1) is 14.1. The van der Waals surface area contributed by atoms with Crippen LogP contribution < -0.4 is 9.64 Å². The fourth-order valence-electron chi connectivity index (χ4n) is 3.84. The Morgan fingerprint density at radius 3 is 2.21 bits per heavy atom. The number of benzene rings is 2. The van der Waals surface area contributed by atoms with Gasteiger partial charge in [0.15, 0.2) is 11.5 Å². The molecule has 0 unspecified atom stereocenters. The Kier molecular flexibility index (Phi) is 5.74. The Labute approximate surface area is 171 Å². The number of fused-ring (bicyclic) bond motifs is 2. The maximum Gasteiger partial charge on any atom is 0.366 e. The first-order valence-electron chi connectivity index (χ1n) is 10.1. The molecule has 0 bridgehead atoms. The number of methoxy groups -OCH3 is 1. The van der Waals surface area contributed by atoms with E-state index in [4.69, 9.17) is 18.9 Å². The van der Waals surface area contributed by atoms with Crippen LogP contribution in [0.2, 0.25) is 0 Å². The van der Waals surface area contributed by atoms with Gasteiger partial charge in [-0.1, -0.05) is 30.7 Å². The molecule has 2 aromatic rings. The molecule has 0 saturated carbocycles. The Hall–Kier alpha value is -2.57. The van der Waals surface area contributed by atoms with Crippen LogP contribution >= 0.6 is 0 Å². The van der Waals surface area contributed by atoms with Crippen molar-refractivity contribution in [3.63, 3.8) is 0 Å². The zero-order valence-electron chi connectivity index (χ0n) is 16.9. The molecule has 2 aliphatic rings. The molecule has 0 radical (unpaired) electrons. The molecule has 0 amide bonds. The van der Waals surface area contributed by atoms with Gasteiger partial charge in [0.1, 0.15) is 0 Å². The Morgan fingerprint density at radius 2 is 1.62 bits per heavy atom. The topological polar surface area (TPSA) is 57.2 Å². The number of hydrogen-bond donors (Lipinski definition) is 0. The van der Waals surface area contributed by atoms with E-state index in [1.165, 1.54) is 7.11 Å². The average Bonchev–Trinajstić information content (AvgIpc) is 2.76. The smallest absolute Gasteiger partial charge is 0.366 e.